The van der Waals surface area contributed by atoms with Crippen LogP contribution < -0.4 is 25.2 Å². The van der Waals surface area contributed by atoms with Crippen molar-refractivity contribution in [1.82, 2.24) is 40.5 Å². The number of carbonyl (C=O) groups excluding carboxylic acids is 2. The maximum absolute atomic E-state index is 17.1. The molecule has 2 unspecified atom stereocenters. The smallest absolute Gasteiger partial charge is 0.319 e. The summed E-state index contributed by atoms with van der Waals surface area (Å²) in [6.45, 7) is 10.9. The third kappa shape index (κ3) is 10.2. The van der Waals surface area contributed by atoms with Crippen molar-refractivity contribution in [3.8, 4) is 46.5 Å². The fourth-order valence-electron chi connectivity index (χ4n) is 12.9. The fourth-order valence-corrected chi connectivity index (χ4v) is 12.9. The Balaban J connectivity index is 0.675. The maximum Gasteiger partial charge on any atom is 0.319 e. The third-order valence-electron chi connectivity index (χ3n) is 17.2. The maximum atomic E-state index is 17.1. The molecule has 8 heterocycles. The molecule has 1 spiro atoms. The Morgan fingerprint density at radius 2 is 1.67 bits per heavy atom. The second-order valence-corrected chi connectivity index (χ2v) is 22.9. The van der Waals surface area contributed by atoms with E-state index in [1.807, 2.05) is 19.9 Å². The number of rotatable bonds is 14. The lowest BCUT2D eigenvalue weighted by molar-refractivity contribution is -0.141. The molecule has 5 aliphatic rings. The molecule has 2 amide bonds. The van der Waals surface area contributed by atoms with E-state index in [2.05, 4.69) is 46.4 Å². The fraction of sp³-hybridized carbons (Fsp3) is 0.410. The molecule has 5 fully saturated rings. The van der Waals surface area contributed by atoms with Gasteiger partial charge < -0.3 is 44.8 Å². The molecule has 0 aliphatic carbocycles. The van der Waals surface area contributed by atoms with Gasteiger partial charge in [-0.05, 0) is 92.4 Å². The number of aliphatic hydroxyl groups is 1. The highest BCUT2D eigenvalue weighted by molar-refractivity contribution is 6.03. The topological polar surface area (TPSA) is 186 Å². The molecule has 0 radical (unpaired) electrons. The van der Waals surface area contributed by atoms with E-state index in [9.17, 15) is 28.6 Å². The van der Waals surface area contributed by atoms with Gasteiger partial charge in [0.05, 0.1) is 23.1 Å². The van der Waals surface area contributed by atoms with Gasteiger partial charge in [0.2, 0.25) is 11.8 Å². The predicted molar refractivity (Wildman–Crippen MR) is 296 cm³/mol. The lowest BCUT2D eigenvalue weighted by Crippen LogP contribution is -2.60. The highest BCUT2D eigenvalue weighted by Crippen LogP contribution is 2.44. The first-order valence-corrected chi connectivity index (χ1v) is 27.7. The van der Waals surface area contributed by atoms with Crippen LogP contribution in [0.25, 0.3) is 44.1 Å². The number of halogens is 4. The van der Waals surface area contributed by atoms with Gasteiger partial charge in [0.1, 0.15) is 47.2 Å². The van der Waals surface area contributed by atoms with E-state index in [4.69, 9.17) is 20.7 Å². The van der Waals surface area contributed by atoms with Gasteiger partial charge in [-0.2, -0.15) is 9.97 Å². The molecule has 4 N–H and O–H groups in total. The van der Waals surface area contributed by atoms with E-state index in [1.165, 1.54) is 47.5 Å². The monoisotopic (exact) mass is 1110 g/mol. The average Bonchev–Trinajstić information content (AvgIpc) is 4.30. The molecule has 5 saturated heterocycles. The van der Waals surface area contributed by atoms with E-state index >= 15 is 8.78 Å². The number of phenolic OH excluding ortho intramolecular Hbond substituents is 1. The summed E-state index contributed by atoms with van der Waals surface area (Å²) in [6.07, 6.45) is 10.3. The number of fused-ring (bicyclic) bond motifs is 4. The quantitative estimate of drug-likeness (QED) is 0.0603. The molecule has 6 atom stereocenters. The Bertz CT molecular complexity index is 3600. The van der Waals surface area contributed by atoms with Crippen molar-refractivity contribution >= 4 is 45.1 Å². The number of piperazine rings is 1. The van der Waals surface area contributed by atoms with Crippen LogP contribution in [0.1, 0.15) is 81.7 Å². The summed E-state index contributed by atoms with van der Waals surface area (Å²) in [6, 6.07) is 17.2. The Morgan fingerprint density at radius 1 is 0.914 bits per heavy atom. The number of piperidine rings is 1. The first-order valence-electron chi connectivity index (χ1n) is 27.7. The highest BCUT2D eigenvalue weighted by Gasteiger charge is 2.47. The summed E-state index contributed by atoms with van der Waals surface area (Å²) in [5, 5.41) is 33.6. The lowest BCUT2D eigenvalue weighted by Gasteiger charge is -2.54. The molecular weight excluding hydrogens is 1040 g/mol. The standard InChI is InChI=1S/C61H62F4N10O6/c1-5-42-46(62)16-13-37-23-40(76)24-44(52(37)42)55-54(65)56-45(27-66-55)57(73-28-38-14-15-39(29-73)68-38)70-60(69-56)80-22-21-72-19-17-61(18-20-72)31-74(32-61)50-26-49(81-71-50)51(33(2)3)59(79)75-30-41(77)25-48(75)58(78)67-34(4)35-9-11-36(12-10-35)43-7-6-8-47(63)53(43)64/h1,6-13,16,23-24,26-27,33-34,38-39,41,48,51,68,76-77H,14-15,17-22,25,28-32H2,2-4H3,(H,67,78)/t34-,38?,39?,41+,48-,51+/m0/s1. The van der Waals surface area contributed by atoms with Crippen LogP contribution >= 0.6 is 0 Å². The zero-order valence-corrected chi connectivity index (χ0v) is 45.1. The van der Waals surface area contributed by atoms with Crippen molar-refractivity contribution < 1.29 is 46.6 Å². The van der Waals surface area contributed by atoms with Crippen LogP contribution in [0, 0.1) is 46.9 Å². The summed E-state index contributed by atoms with van der Waals surface area (Å²) in [5.74, 6) is -1.31. The summed E-state index contributed by atoms with van der Waals surface area (Å²) >= 11 is 0. The van der Waals surface area contributed by atoms with Gasteiger partial charge in [-0.25, -0.2) is 17.6 Å². The number of phenols is 1. The third-order valence-corrected chi connectivity index (χ3v) is 17.2. The largest absolute Gasteiger partial charge is 0.508 e. The second-order valence-electron chi connectivity index (χ2n) is 22.9. The normalized spacial score (nSPS) is 21.4. The lowest BCUT2D eigenvalue weighted by atomic mass is 9.72. The molecule has 420 valence electrons. The van der Waals surface area contributed by atoms with Crippen LogP contribution in [-0.2, 0) is 9.59 Å². The minimum atomic E-state index is -0.941. The first-order chi connectivity index (χ1) is 39.0. The van der Waals surface area contributed by atoms with Gasteiger partial charge >= 0.3 is 6.01 Å². The molecule has 12 rings (SSSR count). The van der Waals surface area contributed by atoms with E-state index in [0.29, 0.717) is 53.4 Å². The number of amides is 2. The first kappa shape index (κ1) is 53.8. The number of benzene rings is 4. The zero-order valence-electron chi connectivity index (χ0n) is 45.1. The van der Waals surface area contributed by atoms with E-state index < -0.39 is 53.3 Å². The number of hydrogen-bond acceptors (Lipinski definition) is 14. The minimum absolute atomic E-state index is 0.0153. The molecule has 7 aromatic rings. The summed E-state index contributed by atoms with van der Waals surface area (Å²) in [5.41, 5.74) is 1.29. The molecule has 20 heteroatoms. The Labute approximate surface area is 465 Å². The number of aliphatic hydroxyl groups excluding tert-OH is 1. The van der Waals surface area contributed by atoms with Crippen LogP contribution in [0.15, 0.2) is 83.5 Å². The van der Waals surface area contributed by atoms with Crippen LogP contribution in [-0.4, -0.2) is 135 Å². The molecule has 3 aromatic heterocycles. The summed E-state index contributed by atoms with van der Waals surface area (Å²) in [7, 11) is 0. The van der Waals surface area contributed by atoms with Crippen LogP contribution in [0.5, 0.6) is 11.8 Å². The molecule has 81 heavy (non-hydrogen) atoms. The number of hydrogen-bond donors (Lipinski definition) is 4. The molecule has 4 aromatic carbocycles. The van der Waals surface area contributed by atoms with E-state index in [-0.39, 0.29) is 93.9 Å². The minimum Gasteiger partial charge on any atom is -0.508 e. The van der Waals surface area contributed by atoms with Gasteiger partial charge in [0, 0.05) is 92.0 Å². The van der Waals surface area contributed by atoms with Crippen molar-refractivity contribution in [2.45, 2.75) is 89.1 Å². The Kier molecular flexibility index (Phi) is 14.3. The zero-order chi connectivity index (χ0) is 56.4. The van der Waals surface area contributed by atoms with Crippen molar-refractivity contribution in [2.24, 2.45) is 11.3 Å². The SMILES string of the molecule is C#Cc1c(F)ccc2cc(O)cc(-c3ncc4c(N5CC6CCC(C5)N6)nc(OCCN5CCC6(CC5)CN(c5cc([C@H](C(=O)N7C[C@H](O)C[C@H]7C(=O)N[C@@H](C)c7ccc(-c8cccc(F)c8F)cc7)C(C)C)on5)C6)nc4c3F)c12. The van der Waals surface area contributed by atoms with Crippen LogP contribution in [0.3, 0.4) is 0 Å². The number of terminal acetylenes is 1. The predicted octanol–water partition coefficient (Wildman–Crippen LogP) is 8.24. The number of nitrogens with zero attached hydrogens (tertiary/aromatic N) is 8. The molecular formula is C61H62F4N10O6. The Hall–Kier alpha value is -7.86. The van der Waals surface area contributed by atoms with E-state index in [1.54, 1.807) is 31.2 Å². The number of anilines is 2. The molecule has 0 saturated carbocycles. The van der Waals surface area contributed by atoms with Crippen molar-refractivity contribution in [3.05, 3.63) is 119 Å². The molecule has 2 bridgehead atoms. The number of β-amino-alcohol motifs (C(OH)–C–C–N with tert-alkyl or cyclic N) is 1. The van der Waals surface area contributed by atoms with Crippen molar-refractivity contribution in [1.29, 1.82) is 0 Å². The van der Waals surface area contributed by atoms with Gasteiger partial charge in [-0.3, -0.25) is 19.5 Å². The number of carbonyl (C=O) groups is 2. The van der Waals surface area contributed by atoms with Gasteiger partial charge in [-0.15, -0.1) is 6.42 Å². The highest BCUT2D eigenvalue weighted by atomic mass is 19.2. The van der Waals surface area contributed by atoms with Gasteiger partial charge in [0.15, 0.2) is 29.0 Å². The number of aromatic hydroxyl groups is 1. The summed E-state index contributed by atoms with van der Waals surface area (Å²) in [4.78, 5) is 50.4. The number of pyridine rings is 1. The summed E-state index contributed by atoms with van der Waals surface area (Å²) < 4.78 is 72.7. The van der Waals surface area contributed by atoms with Crippen molar-refractivity contribution in [2.75, 3.05) is 68.8 Å². The average molecular weight is 1110 g/mol. The Morgan fingerprint density at radius 3 is 2.40 bits per heavy atom. The number of aromatic nitrogens is 4. The molecule has 5 aliphatic heterocycles. The van der Waals surface area contributed by atoms with Crippen LogP contribution in [0.4, 0.5) is 29.2 Å². The van der Waals surface area contributed by atoms with Crippen LogP contribution in [0.2, 0.25) is 0 Å². The number of nitrogens with one attached hydrogen (secondary N) is 2. The van der Waals surface area contributed by atoms with Gasteiger partial charge in [-0.1, -0.05) is 67.4 Å². The van der Waals surface area contributed by atoms with Gasteiger partial charge in [0.25, 0.3) is 0 Å². The number of ether oxygens (including phenoxy) is 1. The molecule has 16 nitrogen and oxygen atoms in total. The van der Waals surface area contributed by atoms with Crippen molar-refractivity contribution in [3.63, 3.8) is 0 Å². The second kappa shape index (κ2) is 21.6. The van der Waals surface area contributed by atoms with E-state index in [0.717, 1.165) is 63.5 Å². The number of likely N-dealkylation sites (tertiary alicyclic amines) is 2.